The summed E-state index contributed by atoms with van der Waals surface area (Å²) in [7, 11) is 0. The first-order valence-corrected chi connectivity index (χ1v) is 12.5. The second kappa shape index (κ2) is 11.4. The molecule has 0 saturated carbocycles. The van der Waals surface area contributed by atoms with Crippen LogP contribution >= 0.6 is 0 Å². The van der Waals surface area contributed by atoms with Gasteiger partial charge in [-0.05, 0) is 60.6 Å². The lowest BCUT2D eigenvalue weighted by molar-refractivity contribution is -0.308. The molecule has 198 valence electrons. The van der Waals surface area contributed by atoms with E-state index >= 15 is 0 Å². The van der Waals surface area contributed by atoms with Crippen molar-refractivity contribution >= 4 is 18.2 Å². The van der Waals surface area contributed by atoms with Gasteiger partial charge in [-0.1, -0.05) is 72.8 Å². The predicted molar refractivity (Wildman–Crippen MR) is 140 cm³/mol. The van der Waals surface area contributed by atoms with Crippen molar-refractivity contribution in [2.24, 2.45) is 0 Å². The topological polar surface area (TPSA) is 117 Å². The van der Waals surface area contributed by atoms with Crippen molar-refractivity contribution in [1.82, 2.24) is 10.6 Å². The van der Waals surface area contributed by atoms with Crippen LogP contribution in [0, 0.1) is 0 Å². The van der Waals surface area contributed by atoms with Gasteiger partial charge in [-0.3, -0.25) is 0 Å². The zero-order valence-electron chi connectivity index (χ0n) is 21.7. The van der Waals surface area contributed by atoms with E-state index in [0.717, 1.165) is 27.8 Å². The molecule has 0 bridgehead atoms. The number of hydrogen-bond acceptors (Lipinski definition) is 6. The highest BCUT2D eigenvalue weighted by molar-refractivity contribution is 5.80. The van der Waals surface area contributed by atoms with E-state index < -0.39 is 29.8 Å². The van der Waals surface area contributed by atoms with E-state index in [4.69, 9.17) is 9.47 Å². The second-order valence-electron chi connectivity index (χ2n) is 10.2. The number of aliphatic carboxylic acids is 1. The van der Waals surface area contributed by atoms with Crippen LogP contribution in [-0.2, 0) is 27.2 Å². The van der Waals surface area contributed by atoms with E-state index in [1.54, 1.807) is 39.0 Å². The van der Waals surface area contributed by atoms with E-state index in [-0.39, 0.29) is 25.5 Å². The average molecular weight is 516 g/mol. The van der Waals surface area contributed by atoms with E-state index in [1.807, 2.05) is 30.3 Å². The summed E-state index contributed by atoms with van der Waals surface area (Å²) < 4.78 is 10.7. The molecule has 0 aromatic heterocycles. The molecule has 0 unspecified atom stereocenters. The van der Waals surface area contributed by atoms with E-state index in [9.17, 15) is 19.5 Å². The number of alkyl carbamates (subject to hydrolysis) is 2. The van der Waals surface area contributed by atoms with Gasteiger partial charge in [0.2, 0.25) is 0 Å². The molecule has 1 atom stereocenters. The van der Waals surface area contributed by atoms with Crippen LogP contribution in [0.5, 0.6) is 0 Å². The minimum Gasteiger partial charge on any atom is -0.548 e. The van der Waals surface area contributed by atoms with Crippen molar-refractivity contribution < 1.29 is 29.0 Å². The van der Waals surface area contributed by atoms with E-state index in [1.165, 1.54) is 0 Å². The minimum atomic E-state index is -1.42. The molecule has 0 spiro atoms. The van der Waals surface area contributed by atoms with Gasteiger partial charge in [0.25, 0.3) is 0 Å². The maximum Gasteiger partial charge on any atom is 0.408 e. The molecular formula is C30H31N2O6-. The number of carboxylic acids is 1. The molecule has 1 aliphatic rings. The molecule has 3 aromatic carbocycles. The average Bonchev–Trinajstić information content (AvgIpc) is 3.18. The van der Waals surface area contributed by atoms with Gasteiger partial charge in [0.1, 0.15) is 12.2 Å². The maximum atomic E-state index is 12.5. The highest BCUT2D eigenvalue weighted by Gasteiger charge is 2.29. The summed E-state index contributed by atoms with van der Waals surface area (Å²) >= 11 is 0. The fourth-order valence-corrected chi connectivity index (χ4v) is 4.57. The summed E-state index contributed by atoms with van der Waals surface area (Å²) in [6, 6.07) is 22.0. The Morgan fingerprint density at radius 3 is 2.08 bits per heavy atom. The fourth-order valence-electron chi connectivity index (χ4n) is 4.57. The van der Waals surface area contributed by atoms with Gasteiger partial charge in [0, 0.05) is 12.5 Å². The molecule has 4 rings (SSSR count). The summed E-state index contributed by atoms with van der Waals surface area (Å²) in [6.45, 7) is 5.47. The smallest absolute Gasteiger partial charge is 0.408 e. The number of nitrogens with one attached hydrogen (secondary N) is 2. The predicted octanol–water partition coefficient (Wildman–Crippen LogP) is 3.91. The quantitative estimate of drug-likeness (QED) is 0.470. The minimum absolute atomic E-state index is 0.000358. The first-order valence-electron chi connectivity index (χ1n) is 12.5. The molecule has 8 nitrogen and oxygen atoms in total. The van der Waals surface area contributed by atoms with Crippen LogP contribution in [0.3, 0.4) is 0 Å². The summed E-state index contributed by atoms with van der Waals surface area (Å²) in [6.07, 6.45) is -1.38. The second-order valence-corrected chi connectivity index (χ2v) is 10.2. The first-order chi connectivity index (χ1) is 18.1. The third-order valence-electron chi connectivity index (χ3n) is 6.19. The largest absolute Gasteiger partial charge is 0.548 e. The molecular weight excluding hydrogens is 484 g/mol. The van der Waals surface area contributed by atoms with Gasteiger partial charge in [0.15, 0.2) is 0 Å². The monoisotopic (exact) mass is 515 g/mol. The molecule has 1 aliphatic carbocycles. The number of hydrogen-bond donors (Lipinski definition) is 2. The Balaban J connectivity index is 1.32. The van der Waals surface area contributed by atoms with Crippen LogP contribution in [0.4, 0.5) is 9.59 Å². The molecule has 0 heterocycles. The van der Waals surface area contributed by atoms with Crippen LogP contribution in [0.1, 0.15) is 48.9 Å². The van der Waals surface area contributed by atoms with Crippen LogP contribution < -0.4 is 15.7 Å². The Kier molecular flexibility index (Phi) is 8.00. The molecule has 3 aromatic rings. The molecule has 38 heavy (non-hydrogen) atoms. The van der Waals surface area contributed by atoms with Crippen LogP contribution in [0.15, 0.2) is 72.8 Å². The van der Waals surface area contributed by atoms with E-state index in [2.05, 4.69) is 34.9 Å². The normalized spacial score (nSPS) is 13.1. The van der Waals surface area contributed by atoms with Gasteiger partial charge in [-0.15, -0.1) is 0 Å². The van der Waals surface area contributed by atoms with Crippen molar-refractivity contribution in [3.05, 3.63) is 95.1 Å². The lowest BCUT2D eigenvalue weighted by atomic mass is 9.98. The van der Waals surface area contributed by atoms with Crippen molar-refractivity contribution in [2.75, 3.05) is 6.61 Å². The zero-order valence-corrected chi connectivity index (χ0v) is 21.7. The molecule has 0 aliphatic heterocycles. The summed E-state index contributed by atoms with van der Waals surface area (Å²) in [5.41, 5.74) is 5.24. The van der Waals surface area contributed by atoms with Crippen molar-refractivity contribution in [2.45, 2.75) is 51.3 Å². The Bertz CT molecular complexity index is 1280. The standard InChI is InChI=1S/C30H32N2O6/c1-30(2,3)38-29(36)32-26(27(33)34)16-19-9-8-10-20(15-19)17-31-28(35)37-18-25-23-13-6-4-11-21(23)22-12-5-7-14-24(22)25/h4-15,25-26H,16-18H2,1-3H3,(H,31,35)(H,32,36)(H,33,34)/p-1/t26-/m0/s1. The van der Waals surface area contributed by atoms with Gasteiger partial charge >= 0.3 is 12.2 Å². The number of benzene rings is 3. The van der Waals surface area contributed by atoms with Gasteiger partial charge in [-0.2, -0.15) is 0 Å². The highest BCUT2D eigenvalue weighted by atomic mass is 16.6. The summed E-state index contributed by atoms with van der Waals surface area (Å²) in [4.78, 5) is 36.1. The van der Waals surface area contributed by atoms with Crippen molar-refractivity contribution in [3.63, 3.8) is 0 Å². The van der Waals surface area contributed by atoms with Gasteiger partial charge in [0.05, 0.1) is 12.0 Å². The molecule has 0 radical (unpaired) electrons. The fraction of sp³-hybridized carbons (Fsp3) is 0.300. The number of amides is 2. The van der Waals surface area contributed by atoms with E-state index in [0.29, 0.717) is 5.56 Å². The van der Waals surface area contributed by atoms with Gasteiger partial charge in [-0.25, -0.2) is 9.59 Å². The lowest BCUT2D eigenvalue weighted by Crippen LogP contribution is -2.50. The molecule has 2 amide bonds. The Morgan fingerprint density at radius 1 is 0.868 bits per heavy atom. The zero-order chi connectivity index (χ0) is 27.3. The number of fused-ring (bicyclic) bond motifs is 3. The third-order valence-corrected chi connectivity index (χ3v) is 6.19. The Labute approximate surface area is 222 Å². The summed E-state index contributed by atoms with van der Waals surface area (Å²) in [5, 5.41) is 16.7. The number of carbonyl (C=O) groups is 3. The Hall–Kier alpha value is -4.33. The molecule has 0 fully saturated rings. The van der Waals surface area contributed by atoms with Crippen molar-refractivity contribution in [1.29, 1.82) is 0 Å². The third kappa shape index (κ3) is 6.70. The maximum absolute atomic E-state index is 12.5. The van der Waals surface area contributed by atoms with Crippen LogP contribution in [0.2, 0.25) is 0 Å². The lowest BCUT2D eigenvalue weighted by Gasteiger charge is -2.24. The number of ether oxygens (including phenoxy) is 2. The molecule has 8 heteroatoms. The van der Waals surface area contributed by atoms with Gasteiger partial charge < -0.3 is 30.0 Å². The van der Waals surface area contributed by atoms with Crippen LogP contribution in [-0.4, -0.2) is 36.4 Å². The summed E-state index contributed by atoms with van der Waals surface area (Å²) in [5.74, 6) is -1.45. The van der Waals surface area contributed by atoms with Crippen molar-refractivity contribution in [3.8, 4) is 11.1 Å². The molecule has 0 saturated heterocycles. The first kappa shape index (κ1) is 26.7. The number of carbonyl (C=O) groups excluding carboxylic acids is 3. The SMILES string of the molecule is CC(C)(C)OC(=O)N[C@@H](Cc1cccc(CNC(=O)OCC2c3ccccc3-c3ccccc32)c1)C(=O)[O-]. The Morgan fingerprint density at radius 2 is 1.47 bits per heavy atom. The highest BCUT2D eigenvalue weighted by Crippen LogP contribution is 2.44. The molecule has 2 N–H and O–H groups in total. The van der Waals surface area contributed by atoms with Crippen LogP contribution in [0.25, 0.3) is 11.1 Å². The number of carboxylic acid groups (broad SMARTS) is 1. The number of rotatable bonds is 8.